The zero-order valence-electron chi connectivity index (χ0n) is 12.0. The highest BCUT2D eigenvalue weighted by atomic mass is 35.5. The number of carbonyl (C=O) groups is 1. The molecule has 1 aromatic rings. The van der Waals surface area contributed by atoms with E-state index in [2.05, 4.69) is 0 Å². The first-order chi connectivity index (χ1) is 10.4. The third-order valence-corrected chi connectivity index (χ3v) is 5.24. The van der Waals surface area contributed by atoms with Gasteiger partial charge < -0.3 is 5.11 Å². The van der Waals surface area contributed by atoms with Gasteiger partial charge in [-0.3, -0.25) is 19.8 Å². The first-order valence-corrected chi connectivity index (χ1v) is 7.69. The van der Waals surface area contributed by atoms with E-state index in [-0.39, 0.29) is 11.6 Å². The first-order valence-electron chi connectivity index (χ1n) is 7.31. The van der Waals surface area contributed by atoms with Crippen molar-refractivity contribution < 1.29 is 14.8 Å². The second-order valence-corrected chi connectivity index (χ2v) is 6.69. The number of rotatable bonds is 4. The van der Waals surface area contributed by atoms with Crippen LogP contribution >= 0.6 is 11.6 Å². The molecule has 1 N–H and O–H groups in total. The van der Waals surface area contributed by atoms with E-state index in [4.69, 9.17) is 11.6 Å². The normalized spacial score (nSPS) is 27.8. The average Bonchev–Trinajstić information content (AvgIpc) is 2.98. The number of nitro groups is 1. The first kappa shape index (κ1) is 15.2. The predicted molar refractivity (Wildman–Crippen MR) is 80.8 cm³/mol. The Hall–Kier alpha value is -1.66. The van der Waals surface area contributed by atoms with E-state index in [9.17, 15) is 20.0 Å². The van der Waals surface area contributed by atoms with Gasteiger partial charge in [0.25, 0.3) is 5.69 Å². The van der Waals surface area contributed by atoms with E-state index < -0.39 is 16.3 Å². The van der Waals surface area contributed by atoms with Crippen molar-refractivity contribution in [3.05, 3.63) is 38.9 Å². The van der Waals surface area contributed by atoms with Gasteiger partial charge in [0.15, 0.2) is 0 Å². The van der Waals surface area contributed by atoms with Gasteiger partial charge in [-0.15, -0.1) is 0 Å². The Bertz CT molecular complexity index is 636. The summed E-state index contributed by atoms with van der Waals surface area (Å²) in [6, 6.07) is 4.64. The molecule has 7 heteroatoms. The smallest absolute Gasteiger partial charge is 0.311 e. The van der Waals surface area contributed by atoms with Crippen molar-refractivity contribution in [2.24, 2.45) is 11.3 Å². The van der Waals surface area contributed by atoms with Crippen molar-refractivity contribution in [2.75, 3.05) is 13.1 Å². The van der Waals surface area contributed by atoms with Gasteiger partial charge in [-0.2, -0.15) is 0 Å². The summed E-state index contributed by atoms with van der Waals surface area (Å²) in [5.74, 6) is -0.584. The Morgan fingerprint density at radius 3 is 2.95 bits per heavy atom. The highest BCUT2D eigenvalue weighted by molar-refractivity contribution is 6.30. The summed E-state index contributed by atoms with van der Waals surface area (Å²) in [4.78, 5) is 24.4. The minimum atomic E-state index is -0.733. The molecular weight excluding hydrogens is 308 g/mol. The number of hydrogen-bond donors (Lipinski definition) is 1. The van der Waals surface area contributed by atoms with Gasteiger partial charge in [0.1, 0.15) is 0 Å². The van der Waals surface area contributed by atoms with E-state index >= 15 is 0 Å². The molecule has 1 aliphatic carbocycles. The Labute approximate surface area is 132 Å². The van der Waals surface area contributed by atoms with Crippen LogP contribution in [0.4, 0.5) is 5.69 Å². The van der Waals surface area contributed by atoms with Crippen LogP contribution in [0.3, 0.4) is 0 Å². The SMILES string of the molecule is O=C(O)[C@@]12CCC[C@H]1CN(Cc1ccc(Cl)cc1[N+](=O)[O-])C2. The molecular formula is C15H17ClN2O4. The van der Waals surface area contributed by atoms with Crippen molar-refractivity contribution >= 4 is 23.3 Å². The van der Waals surface area contributed by atoms with Crippen LogP contribution < -0.4 is 0 Å². The van der Waals surface area contributed by atoms with Crippen molar-refractivity contribution in [1.29, 1.82) is 0 Å². The molecule has 0 amide bonds. The number of hydrogen-bond acceptors (Lipinski definition) is 4. The minimum Gasteiger partial charge on any atom is -0.481 e. The molecule has 2 atom stereocenters. The third-order valence-electron chi connectivity index (χ3n) is 5.01. The van der Waals surface area contributed by atoms with Crippen LogP contribution in [0.15, 0.2) is 18.2 Å². The predicted octanol–water partition coefficient (Wildman–Crippen LogP) is 2.93. The monoisotopic (exact) mass is 324 g/mol. The van der Waals surface area contributed by atoms with Gasteiger partial charge in [-0.25, -0.2) is 0 Å². The van der Waals surface area contributed by atoms with Gasteiger partial charge >= 0.3 is 5.97 Å². The minimum absolute atomic E-state index is 0.00562. The summed E-state index contributed by atoms with van der Waals surface area (Å²) in [6.45, 7) is 1.54. The molecule has 0 spiro atoms. The fourth-order valence-electron chi connectivity index (χ4n) is 3.94. The van der Waals surface area contributed by atoms with E-state index in [1.54, 1.807) is 12.1 Å². The Balaban J connectivity index is 1.81. The summed E-state index contributed by atoms with van der Waals surface area (Å²) in [7, 11) is 0. The molecule has 1 aliphatic heterocycles. The van der Waals surface area contributed by atoms with Gasteiger partial charge in [0, 0.05) is 36.3 Å². The fourth-order valence-corrected chi connectivity index (χ4v) is 4.11. The van der Waals surface area contributed by atoms with Gasteiger partial charge in [0.2, 0.25) is 0 Å². The van der Waals surface area contributed by atoms with Crippen LogP contribution in [0.25, 0.3) is 0 Å². The Morgan fingerprint density at radius 1 is 1.55 bits per heavy atom. The van der Waals surface area contributed by atoms with Crippen LogP contribution in [-0.4, -0.2) is 34.0 Å². The zero-order valence-corrected chi connectivity index (χ0v) is 12.8. The lowest BCUT2D eigenvalue weighted by molar-refractivity contribution is -0.385. The molecule has 22 heavy (non-hydrogen) atoms. The summed E-state index contributed by atoms with van der Waals surface area (Å²) in [5, 5.41) is 21.1. The van der Waals surface area contributed by atoms with E-state index in [1.807, 2.05) is 4.90 Å². The maximum atomic E-state index is 11.7. The molecule has 1 saturated heterocycles. The van der Waals surface area contributed by atoms with Crippen molar-refractivity contribution in [2.45, 2.75) is 25.8 Å². The number of halogens is 1. The number of likely N-dealkylation sites (tertiary alicyclic amines) is 1. The topological polar surface area (TPSA) is 83.7 Å². The number of fused-ring (bicyclic) bond motifs is 1. The number of benzene rings is 1. The maximum Gasteiger partial charge on any atom is 0.311 e. The molecule has 2 fully saturated rings. The number of carboxylic acid groups (broad SMARTS) is 1. The molecule has 1 saturated carbocycles. The van der Waals surface area contributed by atoms with E-state index in [0.29, 0.717) is 36.6 Å². The molecule has 6 nitrogen and oxygen atoms in total. The second-order valence-electron chi connectivity index (χ2n) is 6.25. The number of aliphatic carboxylic acids is 1. The van der Waals surface area contributed by atoms with Crippen molar-refractivity contribution in [3.63, 3.8) is 0 Å². The third kappa shape index (κ3) is 2.46. The quantitative estimate of drug-likeness (QED) is 0.680. The highest BCUT2D eigenvalue weighted by Crippen LogP contribution is 2.49. The van der Waals surface area contributed by atoms with Gasteiger partial charge in [0.05, 0.1) is 10.3 Å². The molecule has 118 valence electrons. The van der Waals surface area contributed by atoms with Crippen LogP contribution in [0.1, 0.15) is 24.8 Å². The molecule has 2 aliphatic rings. The van der Waals surface area contributed by atoms with Gasteiger partial charge in [-0.1, -0.05) is 18.0 Å². The summed E-state index contributed by atoms with van der Waals surface area (Å²) >= 11 is 5.82. The second kappa shape index (κ2) is 5.52. The van der Waals surface area contributed by atoms with Crippen molar-refractivity contribution in [1.82, 2.24) is 4.90 Å². The van der Waals surface area contributed by atoms with Crippen LogP contribution in [0, 0.1) is 21.4 Å². The maximum absolute atomic E-state index is 11.7. The Morgan fingerprint density at radius 2 is 2.32 bits per heavy atom. The lowest BCUT2D eigenvalue weighted by Gasteiger charge is -2.23. The molecule has 1 aromatic carbocycles. The molecule has 3 rings (SSSR count). The lowest BCUT2D eigenvalue weighted by Crippen LogP contribution is -2.35. The fraction of sp³-hybridized carbons (Fsp3) is 0.533. The summed E-state index contributed by atoms with van der Waals surface area (Å²) in [6.07, 6.45) is 2.57. The number of nitrogens with zero attached hydrogens (tertiary/aromatic N) is 2. The largest absolute Gasteiger partial charge is 0.481 e. The van der Waals surface area contributed by atoms with Crippen molar-refractivity contribution in [3.8, 4) is 0 Å². The molecule has 0 aromatic heterocycles. The molecule has 0 bridgehead atoms. The zero-order chi connectivity index (χ0) is 15.9. The molecule has 0 unspecified atom stereocenters. The van der Waals surface area contributed by atoms with Crippen LogP contribution in [0.5, 0.6) is 0 Å². The standard InChI is InChI=1S/C15H17ClN2O4/c16-12-4-3-10(13(6-12)18(21)22)7-17-8-11-2-1-5-15(11,9-17)14(19)20/h3-4,6,11H,1-2,5,7-9H2,(H,19,20)/t11-,15+/m0/s1. The van der Waals surface area contributed by atoms with Gasteiger partial charge in [-0.05, 0) is 30.9 Å². The lowest BCUT2D eigenvalue weighted by atomic mass is 9.81. The van der Waals surface area contributed by atoms with Crippen LogP contribution in [0.2, 0.25) is 5.02 Å². The number of carboxylic acids is 1. The Kier molecular flexibility index (Phi) is 3.82. The highest BCUT2D eigenvalue weighted by Gasteiger charge is 2.54. The molecule has 1 heterocycles. The summed E-state index contributed by atoms with van der Waals surface area (Å²) in [5.41, 5.74) is -0.0925. The average molecular weight is 325 g/mol. The summed E-state index contributed by atoms with van der Waals surface area (Å²) < 4.78 is 0. The number of nitro benzene ring substituents is 1. The van der Waals surface area contributed by atoms with E-state index in [0.717, 1.165) is 12.8 Å². The molecule has 0 radical (unpaired) electrons. The van der Waals surface area contributed by atoms with Crippen LogP contribution in [-0.2, 0) is 11.3 Å². The van der Waals surface area contributed by atoms with E-state index in [1.165, 1.54) is 6.07 Å².